The van der Waals surface area contributed by atoms with Gasteiger partial charge in [0.1, 0.15) is 0 Å². The fourth-order valence-corrected chi connectivity index (χ4v) is 6.02. The number of unbranched alkanes of at least 4 members (excludes halogenated alkanes) is 1. The first-order chi connectivity index (χ1) is 15.7. The summed E-state index contributed by atoms with van der Waals surface area (Å²) in [5, 5.41) is 0. The van der Waals surface area contributed by atoms with E-state index in [9.17, 15) is 0 Å². The number of piperidine rings is 1. The van der Waals surface area contributed by atoms with E-state index in [0.717, 1.165) is 39.0 Å². The minimum Gasteiger partial charge on any atom is -0.381 e. The van der Waals surface area contributed by atoms with Crippen LogP contribution in [0, 0.1) is 5.41 Å². The van der Waals surface area contributed by atoms with Gasteiger partial charge in [-0.1, -0.05) is 19.4 Å². The number of hydrogen-bond acceptors (Lipinski definition) is 4. The van der Waals surface area contributed by atoms with Crippen molar-refractivity contribution in [1.29, 1.82) is 0 Å². The summed E-state index contributed by atoms with van der Waals surface area (Å²) < 4.78 is 5.60. The highest BCUT2D eigenvalue weighted by atomic mass is 35.5. The van der Waals surface area contributed by atoms with Gasteiger partial charge >= 0.3 is 0 Å². The van der Waals surface area contributed by atoms with Crippen LogP contribution in [-0.4, -0.2) is 63.9 Å². The Morgan fingerprint density at radius 2 is 1.73 bits per heavy atom. The van der Waals surface area contributed by atoms with Gasteiger partial charge in [0.05, 0.1) is 6.10 Å². The lowest BCUT2D eigenvalue weighted by Gasteiger charge is -2.38. The highest BCUT2D eigenvalue weighted by molar-refractivity contribution is 5.85. The third-order valence-electron chi connectivity index (χ3n) is 8.67. The number of methoxy groups -OCH3 is 1. The number of hydrogen-bond donors (Lipinski definition) is 0. The van der Waals surface area contributed by atoms with Crippen LogP contribution in [0.5, 0.6) is 0 Å². The molecule has 1 saturated carbocycles. The molecule has 5 heteroatoms. The molecule has 0 aromatic heterocycles. The Morgan fingerprint density at radius 3 is 2.33 bits per heavy atom. The molecule has 0 amide bonds. The summed E-state index contributed by atoms with van der Waals surface area (Å²) in [6.07, 6.45) is 14.8. The average molecular weight is 474 g/mol. The molecular formula is C28H44ClN3O. The molecule has 2 saturated heterocycles. The quantitative estimate of drug-likeness (QED) is 0.483. The van der Waals surface area contributed by atoms with E-state index in [1.807, 2.05) is 7.11 Å². The molecule has 2 aliphatic carbocycles. The molecule has 4 nitrogen and oxygen atoms in total. The zero-order valence-electron chi connectivity index (χ0n) is 20.9. The van der Waals surface area contributed by atoms with Crippen LogP contribution in [0.15, 0.2) is 24.3 Å². The summed E-state index contributed by atoms with van der Waals surface area (Å²) in [5.74, 6) is 0. The molecule has 0 bridgehead atoms. The lowest BCUT2D eigenvalue weighted by Crippen LogP contribution is -2.47. The lowest BCUT2D eigenvalue weighted by molar-refractivity contribution is 0.0819. The van der Waals surface area contributed by atoms with Crippen molar-refractivity contribution in [2.45, 2.75) is 70.8 Å². The maximum absolute atomic E-state index is 5.60. The molecule has 3 fully saturated rings. The molecule has 2 heterocycles. The molecule has 0 radical (unpaired) electrons. The van der Waals surface area contributed by atoms with Crippen LogP contribution >= 0.6 is 12.4 Å². The molecule has 0 unspecified atom stereocenters. The topological polar surface area (TPSA) is 19.0 Å². The minimum atomic E-state index is 0. The van der Waals surface area contributed by atoms with Crippen LogP contribution in [0.1, 0.15) is 70.3 Å². The summed E-state index contributed by atoms with van der Waals surface area (Å²) in [7, 11) is 1.86. The maximum Gasteiger partial charge on any atom is 0.0605 e. The molecule has 0 atom stereocenters. The lowest BCUT2D eigenvalue weighted by atomic mass is 9.83. The van der Waals surface area contributed by atoms with Gasteiger partial charge in [0.2, 0.25) is 0 Å². The zero-order chi connectivity index (χ0) is 22.0. The smallest absolute Gasteiger partial charge is 0.0605 e. The van der Waals surface area contributed by atoms with Crippen molar-refractivity contribution in [3.63, 3.8) is 0 Å². The van der Waals surface area contributed by atoms with E-state index in [1.165, 1.54) is 81.5 Å². The molecule has 2 aliphatic heterocycles. The normalized spacial score (nSPS) is 23.4. The van der Waals surface area contributed by atoms with Crippen molar-refractivity contribution in [3.8, 4) is 0 Å². The van der Waals surface area contributed by atoms with Gasteiger partial charge in [0.15, 0.2) is 0 Å². The SMILES string of the molecule is CCCCN1CCN(c2ccc(N3CCC(OC)CC3)cc2C2=CCC3(CC2)CC3)CC1.Cl. The van der Waals surface area contributed by atoms with Crippen LogP contribution in [0.3, 0.4) is 0 Å². The van der Waals surface area contributed by atoms with Crippen molar-refractivity contribution < 1.29 is 4.74 Å². The van der Waals surface area contributed by atoms with Gasteiger partial charge in [0, 0.05) is 63.3 Å². The van der Waals surface area contributed by atoms with Crippen molar-refractivity contribution in [2.24, 2.45) is 5.41 Å². The van der Waals surface area contributed by atoms with Crippen molar-refractivity contribution >= 4 is 29.4 Å². The number of allylic oxidation sites excluding steroid dienone is 2. The van der Waals surface area contributed by atoms with Gasteiger partial charge in [-0.3, -0.25) is 4.90 Å². The largest absolute Gasteiger partial charge is 0.381 e. The summed E-state index contributed by atoms with van der Waals surface area (Å²) in [4.78, 5) is 7.91. The van der Waals surface area contributed by atoms with Crippen LogP contribution in [0.2, 0.25) is 0 Å². The summed E-state index contributed by atoms with van der Waals surface area (Å²) in [6, 6.07) is 7.36. The Morgan fingerprint density at radius 1 is 0.970 bits per heavy atom. The third kappa shape index (κ3) is 5.71. The Labute approximate surface area is 207 Å². The van der Waals surface area contributed by atoms with E-state index in [2.05, 4.69) is 45.9 Å². The molecule has 1 aromatic rings. The van der Waals surface area contributed by atoms with Gasteiger partial charge in [-0.25, -0.2) is 0 Å². The number of nitrogens with zero attached hydrogens (tertiary/aromatic N) is 3. The van der Waals surface area contributed by atoms with Gasteiger partial charge < -0.3 is 14.5 Å². The number of anilines is 2. The van der Waals surface area contributed by atoms with Crippen LogP contribution in [0.4, 0.5) is 11.4 Å². The van der Waals surface area contributed by atoms with E-state index in [1.54, 1.807) is 5.57 Å². The van der Waals surface area contributed by atoms with Gasteiger partial charge in [0.25, 0.3) is 0 Å². The van der Waals surface area contributed by atoms with Gasteiger partial charge in [-0.2, -0.15) is 0 Å². The Bertz CT molecular complexity index is 805. The first-order valence-electron chi connectivity index (χ1n) is 13.3. The summed E-state index contributed by atoms with van der Waals surface area (Å²) in [5.41, 5.74) is 6.71. The average Bonchev–Trinajstić information content (AvgIpc) is 3.62. The van der Waals surface area contributed by atoms with E-state index >= 15 is 0 Å². The molecule has 1 spiro atoms. The van der Waals surface area contributed by atoms with Crippen LogP contribution in [0.25, 0.3) is 5.57 Å². The molecule has 5 rings (SSSR count). The summed E-state index contributed by atoms with van der Waals surface area (Å²) in [6.45, 7) is 10.5. The van der Waals surface area contributed by atoms with Crippen molar-refractivity contribution in [1.82, 2.24) is 4.90 Å². The minimum absolute atomic E-state index is 0. The fraction of sp³-hybridized carbons (Fsp3) is 0.714. The van der Waals surface area contributed by atoms with Gasteiger partial charge in [-0.15, -0.1) is 12.4 Å². The highest BCUT2D eigenvalue weighted by Crippen LogP contribution is 2.57. The van der Waals surface area contributed by atoms with E-state index in [0.29, 0.717) is 11.5 Å². The fourth-order valence-electron chi connectivity index (χ4n) is 6.02. The number of rotatable bonds is 7. The second-order valence-electron chi connectivity index (χ2n) is 10.7. The third-order valence-corrected chi connectivity index (χ3v) is 8.67. The molecule has 33 heavy (non-hydrogen) atoms. The number of benzene rings is 1. The first-order valence-corrected chi connectivity index (χ1v) is 13.3. The van der Waals surface area contributed by atoms with Crippen LogP contribution < -0.4 is 9.80 Å². The maximum atomic E-state index is 5.60. The second kappa shape index (κ2) is 11.0. The first kappa shape index (κ1) is 24.9. The predicted octanol–water partition coefficient (Wildman–Crippen LogP) is 5.99. The monoisotopic (exact) mass is 473 g/mol. The van der Waals surface area contributed by atoms with Gasteiger partial charge in [-0.05, 0) is 87.1 Å². The number of ether oxygens (including phenoxy) is 1. The Hall–Kier alpha value is -1.23. The Balaban J connectivity index is 0.00000259. The van der Waals surface area contributed by atoms with Crippen molar-refractivity contribution in [3.05, 3.63) is 29.8 Å². The molecule has 4 aliphatic rings. The number of halogens is 1. The zero-order valence-corrected chi connectivity index (χ0v) is 21.7. The molecule has 0 N–H and O–H groups in total. The summed E-state index contributed by atoms with van der Waals surface area (Å²) >= 11 is 0. The van der Waals surface area contributed by atoms with E-state index in [4.69, 9.17) is 4.74 Å². The predicted molar refractivity (Wildman–Crippen MR) is 143 cm³/mol. The van der Waals surface area contributed by atoms with Crippen LogP contribution in [-0.2, 0) is 4.74 Å². The Kier molecular flexibility index (Phi) is 8.30. The highest BCUT2D eigenvalue weighted by Gasteiger charge is 2.43. The number of piperazine rings is 1. The molecule has 184 valence electrons. The molecule has 1 aromatic carbocycles. The van der Waals surface area contributed by atoms with E-state index < -0.39 is 0 Å². The second-order valence-corrected chi connectivity index (χ2v) is 10.7. The van der Waals surface area contributed by atoms with Crippen molar-refractivity contribution in [2.75, 3.05) is 62.7 Å². The molecular weight excluding hydrogens is 430 g/mol. The van der Waals surface area contributed by atoms with E-state index in [-0.39, 0.29) is 12.4 Å². The standard InChI is InChI=1S/C28H43N3O.ClH/c1-3-4-15-29-18-20-31(21-19-29)27-6-5-24(30-16-9-25(32-2)10-17-30)22-26(27)23-7-11-28(12-8-23)13-14-28;/h5-7,22,25H,3-4,8-21H2,1-2H3;1H.